The van der Waals surface area contributed by atoms with Gasteiger partial charge in [-0.3, -0.25) is 0 Å². The van der Waals surface area contributed by atoms with E-state index in [1.54, 1.807) is 0 Å². The van der Waals surface area contributed by atoms with E-state index in [9.17, 15) is 21.6 Å². The maximum Gasteiger partial charge on any atom is 0.418 e. The predicted octanol–water partition coefficient (Wildman–Crippen LogP) is 2.43. The lowest BCUT2D eigenvalue weighted by Gasteiger charge is -2.15. The molecule has 0 radical (unpaired) electrons. The van der Waals surface area contributed by atoms with E-state index in [1.165, 1.54) is 12.1 Å². The van der Waals surface area contributed by atoms with E-state index in [2.05, 4.69) is 26.0 Å². The Morgan fingerprint density at radius 1 is 1.26 bits per heavy atom. The van der Waals surface area contributed by atoms with Crippen molar-refractivity contribution in [2.75, 3.05) is 24.7 Å². The summed E-state index contributed by atoms with van der Waals surface area (Å²) < 4.78 is 62.3. The summed E-state index contributed by atoms with van der Waals surface area (Å²) in [6.07, 6.45) is -3.50. The van der Waals surface area contributed by atoms with Crippen LogP contribution < -0.4 is 10.0 Å². The molecule has 0 aliphatic rings. The molecule has 0 spiro atoms. The second kappa shape index (κ2) is 6.10. The van der Waals surface area contributed by atoms with Crippen LogP contribution >= 0.6 is 15.9 Å². The Balaban J connectivity index is 2.73. The fourth-order valence-corrected chi connectivity index (χ4v) is 2.17. The largest absolute Gasteiger partial charge is 0.418 e. The van der Waals surface area contributed by atoms with E-state index < -0.39 is 21.8 Å². The minimum atomic E-state index is -4.48. The van der Waals surface area contributed by atoms with Crippen LogP contribution in [0.5, 0.6) is 0 Å². The number of rotatable bonds is 5. The molecule has 0 atom stereocenters. The van der Waals surface area contributed by atoms with Crippen molar-refractivity contribution in [1.29, 1.82) is 0 Å². The Kier molecular flexibility index (Phi) is 5.22. The zero-order valence-electron chi connectivity index (χ0n) is 9.88. The summed E-state index contributed by atoms with van der Waals surface area (Å²) in [4.78, 5) is 0. The lowest BCUT2D eigenvalue weighted by molar-refractivity contribution is -0.137. The average Bonchev–Trinajstić information content (AvgIpc) is 2.23. The standard InChI is InChI=1S/C10H12BrF3N2O2S/c1-19(17,18)16-5-4-15-9-3-2-7(11)6-8(9)10(12,13)14/h2-3,6,15-16H,4-5H2,1H3. The Morgan fingerprint density at radius 2 is 1.89 bits per heavy atom. The van der Waals surface area contributed by atoms with Gasteiger partial charge in [0.05, 0.1) is 11.8 Å². The van der Waals surface area contributed by atoms with Crippen LogP contribution in [0, 0.1) is 0 Å². The molecule has 2 N–H and O–H groups in total. The molecule has 0 bridgehead atoms. The lowest BCUT2D eigenvalue weighted by Crippen LogP contribution is -2.28. The minimum absolute atomic E-state index is 0.00615. The highest BCUT2D eigenvalue weighted by atomic mass is 79.9. The maximum atomic E-state index is 12.8. The van der Waals surface area contributed by atoms with E-state index >= 15 is 0 Å². The smallest absolute Gasteiger partial charge is 0.383 e. The van der Waals surface area contributed by atoms with Crippen molar-refractivity contribution in [1.82, 2.24) is 4.72 Å². The monoisotopic (exact) mass is 360 g/mol. The number of anilines is 1. The van der Waals surface area contributed by atoms with Gasteiger partial charge >= 0.3 is 6.18 Å². The summed E-state index contributed by atoms with van der Waals surface area (Å²) >= 11 is 2.98. The van der Waals surface area contributed by atoms with Crippen LogP contribution in [0.3, 0.4) is 0 Å². The SMILES string of the molecule is CS(=O)(=O)NCCNc1ccc(Br)cc1C(F)(F)F. The number of alkyl halides is 3. The number of hydrogen-bond acceptors (Lipinski definition) is 3. The van der Waals surface area contributed by atoms with Gasteiger partial charge in [0.25, 0.3) is 0 Å². The number of hydrogen-bond donors (Lipinski definition) is 2. The molecule has 0 fully saturated rings. The highest BCUT2D eigenvalue weighted by Gasteiger charge is 2.33. The average molecular weight is 361 g/mol. The highest BCUT2D eigenvalue weighted by molar-refractivity contribution is 9.10. The number of nitrogens with one attached hydrogen (secondary N) is 2. The zero-order chi connectivity index (χ0) is 14.7. The second-order valence-electron chi connectivity index (χ2n) is 3.78. The molecular formula is C10H12BrF3N2O2S. The van der Waals surface area contributed by atoms with Gasteiger partial charge in [0.15, 0.2) is 0 Å². The van der Waals surface area contributed by atoms with Gasteiger partial charge in [-0.25, -0.2) is 13.1 Å². The van der Waals surface area contributed by atoms with Crippen molar-refractivity contribution in [2.24, 2.45) is 0 Å². The van der Waals surface area contributed by atoms with Crippen LogP contribution in [0.4, 0.5) is 18.9 Å². The summed E-state index contributed by atoms with van der Waals surface area (Å²) in [5, 5.41) is 2.55. The predicted molar refractivity (Wildman–Crippen MR) is 70.5 cm³/mol. The van der Waals surface area contributed by atoms with Crippen LogP contribution in [-0.4, -0.2) is 27.8 Å². The van der Waals surface area contributed by atoms with Gasteiger partial charge in [-0.1, -0.05) is 15.9 Å². The molecule has 0 unspecified atom stereocenters. The molecule has 9 heteroatoms. The van der Waals surface area contributed by atoms with Crippen molar-refractivity contribution in [3.05, 3.63) is 28.2 Å². The van der Waals surface area contributed by atoms with Gasteiger partial charge in [0.1, 0.15) is 0 Å². The summed E-state index contributed by atoms with van der Waals surface area (Å²) in [5.74, 6) is 0. The van der Waals surface area contributed by atoms with Crippen LogP contribution in [-0.2, 0) is 16.2 Å². The first-order chi connectivity index (χ1) is 8.59. The summed E-state index contributed by atoms with van der Waals surface area (Å²) in [6, 6.07) is 3.72. The van der Waals surface area contributed by atoms with E-state index in [1.807, 2.05) is 0 Å². The molecule has 1 rings (SSSR count). The normalized spacial score (nSPS) is 12.5. The van der Waals surface area contributed by atoms with Gasteiger partial charge in [-0.05, 0) is 18.2 Å². The van der Waals surface area contributed by atoms with Gasteiger partial charge in [0.2, 0.25) is 10.0 Å². The molecule has 1 aromatic rings. The first-order valence-corrected chi connectivity index (χ1v) is 7.83. The number of halogens is 4. The molecule has 4 nitrogen and oxygen atoms in total. The third-order valence-corrected chi connectivity index (χ3v) is 3.31. The quantitative estimate of drug-likeness (QED) is 0.792. The molecule has 0 heterocycles. The van der Waals surface area contributed by atoms with Gasteiger partial charge in [-0.2, -0.15) is 13.2 Å². The van der Waals surface area contributed by atoms with Crippen molar-refractivity contribution in [3.63, 3.8) is 0 Å². The molecule has 1 aromatic carbocycles. The molecule has 0 aliphatic heterocycles. The summed E-state index contributed by atoms with van der Waals surface area (Å²) in [6.45, 7) is 0.0595. The van der Waals surface area contributed by atoms with Crippen molar-refractivity contribution in [2.45, 2.75) is 6.18 Å². The molecule has 0 saturated heterocycles. The number of sulfonamides is 1. The summed E-state index contributed by atoms with van der Waals surface area (Å²) in [5.41, 5.74) is -0.896. The van der Waals surface area contributed by atoms with Gasteiger partial charge in [0, 0.05) is 23.2 Å². The highest BCUT2D eigenvalue weighted by Crippen LogP contribution is 2.36. The first-order valence-electron chi connectivity index (χ1n) is 5.15. The van der Waals surface area contributed by atoms with Crippen LogP contribution in [0.1, 0.15) is 5.56 Å². The van der Waals surface area contributed by atoms with E-state index in [0.29, 0.717) is 4.47 Å². The molecule has 0 amide bonds. The van der Waals surface area contributed by atoms with Crippen molar-refractivity contribution in [3.8, 4) is 0 Å². The van der Waals surface area contributed by atoms with E-state index in [-0.39, 0.29) is 18.8 Å². The maximum absolute atomic E-state index is 12.8. The molecular weight excluding hydrogens is 349 g/mol. The molecule has 19 heavy (non-hydrogen) atoms. The first kappa shape index (κ1) is 16.3. The second-order valence-corrected chi connectivity index (χ2v) is 6.53. The molecule has 0 aliphatic carbocycles. The Labute approximate surface area is 117 Å². The van der Waals surface area contributed by atoms with Gasteiger partial charge in [-0.15, -0.1) is 0 Å². The zero-order valence-corrected chi connectivity index (χ0v) is 12.3. The molecule has 0 aromatic heterocycles. The summed E-state index contributed by atoms with van der Waals surface area (Å²) in [7, 11) is -3.34. The third kappa shape index (κ3) is 5.79. The van der Waals surface area contributed by atoms with Crippen LogP contribution in [0.2, 0.25) is 0 Å². The van der Waals surface area contributed by atoms with Crippen LogP contribution in [0.25, 0.3) is 0 Å². The van der Waals surface area contributed by atoms with Gasteiger partial charge < -0.3 is 5.32 Å². The topological polar surface area (TPSA) is 58.2 Å². The third-order valence-electron chi connectivity index (χ3n) is 2.09. The lowest BCUT2D eigenvalue weighted by atomic mass is 10.1. The van der Waals surface area contributed by atoms with E-state index in [0.717, 1.165) is 12.3 Å². The van der Waals surface area contributed by atoms with Crippen molar-refractivity contribution >= 4 is 31.6 Å². The Hall–Kier alpha value is -0.800. The number of benzene rings is 1. The van der Waals surface area contributed by atoms with Crippen LogP contribution in [0.15, 0.2) is 22.7 Å². The van der Waals surface area contributed by atoms with E-state index in [4.69, 9.17) is 0 Å². The van der Waals surface area contributed by atoms with Crippen molar-refractivity contribution < 1.29 is 21.6 Å². The Bertz CT molecular complexity index is 546. The molecule has 0 saturated carbocycles. The fourth-order valence-electron chi connectivity index (χ4n) is 1.34. The fraction of sp³-hybridized carbons (Fsp3) is 0.400. The Morgan fingerprint density at radius 3 is 2.42 bits per heavy atom. The minimum Gasteiger partial charge on any atom is -0.383 e. The molecule has 108 valence electrons.